The molecule has 0 aliphatic heterocycles. The summed E-state index contributed by atoms with van der Waals surface area (Å²) in [6, 6.07) is -0.629. The fourth-order valence-corrected chi connectivity index (χ4v) is 11.3. The maximum absolute atomic E-state index is 12.5. The minimum atomic E-state index is -0.845. The first-order valence-corrected chi connectivity index (χ1v) is 35.6. The topological polar surface area (TPSA) is 95.9 Å². The Kier molecular flexibility index (Phi) is 66.4. The van der Waals surface area contributed by atoms with Crippen LogP contribution in [0.4, 0.5) is 0 Å². The van der Waals surface area contributed by atoms with Crippen molar-refractivity contribution in [1.29, 1.82) is 0 Å². The standard InChI is InChI=1S/C72H139NO5/c1-3-5-7-9-11-13-15-17-19-21-30-34-38-42-46-50-54-58-62-66-72(77)78-67-63-59-55-51-47-43-39-35-32-29-27-25-23-22-24-26-28-31-33-37-41-45-49-53-57-61-65-71(76)73-69(68-74)70(75)64-60-56-52-48-44-40-36-20-18-16-14-12-10-8-6-4-2/h22,24,60,64,69-70,74-75H,3-21,23,25-59,61-63,65-68H2,1-2H3,(H,73,76)/b24-22-,64-60+. The number of hydrogen-bond donors (Lipinski definition) is 3. The van der Waals surface area contributed by atoms with Crippen LogP contribution in [0.3, 0.4) is 0 Å². The van der Waals surface area contributed by atoms with Crippen molar-refractivity contribution in [3.8, 4) is 0 Å². The smallest absolute Gasteiger partial charge is 0.305 e. The number of aliphatic hydroxyl groups excluding tert-OH is 2. The van der Waals surface area contributed by atoms with Crippen LogP contribution in [0.2, 0.25) is 0 Å². The van der Waals surface area contributed by atoms with Crippen LogP contribution in [0, 0.1) is 0 Å². The molecule has 2 atom stereocenters. The average molecular weight is 1100 g/mol. The predicted octanol–water partition coefficient (Wildman–Crippen LogP) is 22.9. The molecule has 0 aliphatic carbocycles. The SMILES string of the molecule is CCCCCCCCCCCCCCCC/C=C/C(O)C(CO)NC(=O)CCCCCCCCCCCC/C=C\CCCCCCCCCCCCCCOC(=O)CCCCCCCCCCCCCCCCCCCCC. The Morgan fingerprint density at radius 3 is 0.910 bits per heavy atom. The Balaban J connectivity index is 3.38. The molecule has 3 N–H and O–H groups in total. The van der Waals surface area contributed by atoms with Gasteiger partial charge in [0.2, 0.25) is 5.91 Å². The number of esters is 1. The van der Waals surface area contributed by atoms with E-state index in [1.165, 1.54) is 334 Å². The second-order valence-corrected chi connectivity index (χ2v) is 24.6. The lowest BCUT2D eigenvalue weighted by molar-refractivity contribution is -0.143. The third kappa shape index (κ3) is 63.5. The van der Waals surface area contributed by atoms with Gasteiger partial charge in [-0.25, -0.2) is 0 Å². The van der Waals surface area contributed by atoms with E-state index in [4.69, 9.17) is 4.74 Å². The van der Waals surface area contributed by atoms with Gasteiger partial charge < -0.3 is 20.3 Å². The Labute approximate surface area is 488 Å². The maximum Gasteiger partial charge on any atom is 0.305 e. The third-order valence-corrected chi connectivity index (χ3v) is 16.7. The van der Waals surface area contributed by atoms with Gasteiger partial charge in [-0.05, 0) is 57.8 Å². The van der Waals surface area contributed by atoms with Crippen LogP contribution in [-0.2, 0) is 14.3 Å². The molecule has 0 aromatic rings. The molecule has 0 spiro atoms. The summed E-state index contributed by atoms with van der Waals surface area (Å²) in [5.74, 6) is -0.0476. The van der Waals surface area contributed by atoms with Crippen molar-refractivity contribution >= 4 is 11.9 Å². The molecule has 2 unspecified atom stereocenters. The van der Waals surface area contributed by atoms with Gasteiger partial charge in [0, 0.05) is 12.8 Å². The normalized spacial score (nSPS) is 12.6. The summed E-state index contributed by atoms with van der Waals surface area (Å²) in [6.07, 6.45) is 85.4. The fourth-order valence-electron chi connectivity index (χ4n) is 11.3. The molecule has 6 nitrogen and oxygen atoms in total. The molecule has 0 aromatic heterocycles. The highest BCUT2D eigenvalue weighted by atomic mass is 16.5. The number of carbonyl (C=O) groups is 2. The molecule has 462 valence electrons. The first-order chi connectivity index (χ1) is 38.5. The van der Waals surface area contributed by atoms with Gasteiger partial charge >= 0.3 is 5.97 Å². The lowest BCUT2D eigenvalue weighted by atomic mass is 10.0. The van der Waals surface area contributed by atoms with Crippen molar-refractivity contribution in [3.05, 3.63) is 24.3 Å². The van der Waals surface area contributed by atoms with Crippen LogP contribution in [-0.4, -0.2) is 47.4 Å². The van der Waals surface area contributed by atoms with E-state index in [1.807, 2.05) is 6.08 Å². The molecule has 0 radical (unpaired) electrons. The summed E-state index contributed by atoms with van der Waals surface area (Å²) < 4.78 is 5.51. The number of allylic oxidation sites excluding steroid dienone is 3. The van der Waals surface area contributed by atoms with Gasteiger partial charge in [0.15, 0.2) is 0 Å². The third-order valence-electron chi connectivity index (χ3n) is 16.7. The molecule has 78 heavy (non-hydrogen) atoms. The largest absolute Gasteiger partial charge is 0.466 e. The van der Waals surface area contributed by atoms with Crippen molar-refractivity contribution < 1.29 is 24.5 Å². The highest BCUT2D eigenvalue weighted by Gasteiger charge is 2.18. The second kappa shape index (κ2) is 67.8. The predicted molar refractivity (Wildman–Crippen MR) is 343 cm³/mol. The Bertz CT molecular complexity index is 1220. The first kappa shape index (κ1) is 76.3. The summed E-state index contributed by atoms with van der Waals surface area (Å²) in [4.78, 5) is 24.6. The van der Waals surface area contributed by atoms with E-state index < -0.39 is 12.1 Å². The molecule has 0 heterocycles. The number of rotatable bonds is 67. The minimum absolute atomic E-state index is 0.0195. The quantitative estimate of drug-likeness (QED) is 0.0320. The van der Waals surface area contributed by atoms with Gasteiger partial charge in [-0.15, -0.1) is 0 Å². The van der Waals surface area contributed by atoms with Gasteiger partial charge in [-0.2, -0.15) is 0 Å². The van der Waals surface area contributed by atoms with Crippen molar-refractivity contribution in [2.75, 3.05) is 13.2 Å². The number of ether oxygens (including phenoxy) is 1. The van der Waals surface area contributed by atoms with Crippen LogP contribution in [0.5, 0.6) is 0 Å². The highest BCUT2D eigenvalue weighted by molar-refractivity contribution is 5.76. The van der Waals surface area contributed by atoms with E-state index in [1.54, 1.807) is 6.08 Å². The Hall–Kier alpha value is -1.66. The molecule has 0 fully saturated rings. The highest BCUT2D eigenvalue weighted by Crippen LogP contribution is 2.19. The van der Waals surface area contributed by atoms with E-state index in [9.17, 15) is 19.8 Å². The van der Waals surface area contributed by atoms with Crippen LogP contribution < -0.4 is 5.32 Å². The fraction of sp³-hybridized carbons (Fsp3) is 0.917. The second-order valence-electron chi connectivity index (χ2n) is 24.6. The monoisotopic (exact) mass is 1100 g/mol. The summed E-state index contributed by atoms with van der Waals surface area (Å²) in [5, 5.41) is 23.2. The molecule has 0 aromatic carbocycles. The van der Waals surface area contributed by atoms with Crippen LogP contribution in [0.15, 0.2) is 24.3 Å². The van der Waals surface area contributed by atoms with E-state index in [-0.39, 0.29) is 18.5 Å². The summed E-state index contributed by atoms with van der Waals surface area (Å²) in [7, 11) is 0. The lowest BCUT2D eigenvalue weighted by Crippen LogP contribution is -2.45. The molecule has 1 amide bonds. The van der Waals surface area contributed by atoms with Gasteiger partial charge in [0.25, 0.3) is 0 Å². The Morgan fingerprint density at radius 1 is 0.346 bits per heavy atom. The number of unbranched alkanes of at least 4 members (excludes halogenated alkanes) is 54. The molecule has 0 bridgehead atoms. The zero-order valence-electron chi connectivity index (χ0n) is 52.9. The van der Waals surface area contributed by atoms with Gasteiger partial charge in [0.1, 0.15) is 0 Å². The zero-order chi connectivity index (χ0) is 56.4. The van der Waals surface area contributed by atoms with E-state index in [2.05, 4.69) is 31.3 Å². The minimum Gasteiger partial charge on any atom is -0.466 e. The average Bonchev–Trinajstić information content (AvgIpc) is 3.44. The van der Waals surface area contributed by atoms with E-state index in [0.29, 0.717) is 19.4 Å². The summed E-state index contributed by atoms with van der Waals surface area (Å²) in [6.45, 7) is 4.94. The molecular formula is C72H139NO5. The van der Waals surface area contributed by atoms with E-state index >= 15 is 0 Å². The first-order valence-electron chi connectivity index (χ1n) is 35.6. The Morgan fingerprint density at radius 2 is 0.603 bits per heavy atom. The number of hydrogen-bond acceptors (Lipinski definition) is 5. The molecule has 0 aliphatic rings. The molecule has 0 saturated carbocycles. The zero-order valence-corrected chi connectivity index (χ0v) is 52.9. The van der Waals surface area contributed by atoms with Crippen molar-refractivity contribution in [2.24, 2.45) is 0 Å². The van der Waals surface area contributed by atoms with Crippen LogP contribution in [0.25, 0.3) is 0 Å². The number of amides is 1. The molecule has 6 heteroatoms. The van der Waals surface area contributed by atoms with Gasteiger partial charge in [0.05, 0.1) is 25.4 Å². The molecule has 0 rings (SSSR count). The van der Waals surface area contributed by atoms with Gasteiger partial charge in [-0.1, -0.05) is 353 Å². The van der Waals surface area contributed by atoms with Gasteiger partial charge in [-0.3, -0.25) is 9.59 Å². The van der Waals surface area contributed by atoms with Crippen molar-refractivity contribution in [1.82, 2.24) is 5.32 Å². The van der Waals surface area contributed by atoms with Crippen molar-refractivity contribution in [2.45, 2.75) is 411 Å². The van der Waals surface area contributed by atoms with E-state index in [0.717, 1.165) is 38.5 Å². The van der Waals surface area contributed by atoms with Crippen LogP contribution in [0.1, 0.15) is 399 Å². The van der Waals surface area contributed by atoms with Crippen molar-refractivity contribution in [3.63, 3.8) is 0 Å². The number of nitrogens with one attached hydrogen (secondary N) is 1. The van der Waals surface area contributed by atoms with Crippen LogP contribution >= 0.6 is 0 Å². The molecule has 0 saturated heterocycles. The number of aliphatic hydroxyl groups is 2. The maximum atomic E-state index is 12.5. The molecular weight excluding hydrogens is 959 g/mol. The summed E-state index contributed by atoms with van der Waals surface area (Å²) in [5.41, 5.74) is 0. The lowest BCUT2D eigenvalue weighted by Gasteiger charge is -2.20. The summed E-state index contributed by atoms with van der Waals surface area (Å²) >= 11 is 0. The number of carbonyl (C=O) groups excluding carboxylic acids is 2.